The largest absolute Gasteiger partial charge is 0.389 e. The lowest BCUT2D eigenvalue weighted by Gasteiger charge is -2.05. The van der Waals surface area contributed by atoms with Crippen LogP contribution in [0.3, 0.4) is 0 Å². The number of nitrogen functional groups attached to an aromatic ring is 1. The SMILES string of the molecule is N#Cc1c(N)sc(N=Nc2ccc3cccc(S(=O)(=O)O)c3c2)c1-c1ccc2ccccc2c1. The summed E-state index contributed by atoms with van der Waals surface area (Å²) < 4.78 is 33.1. The molecule has 5 aromatic rings. The fourth-order valence-electron chi connectivity index (χ4n) is 3.85. The van der Waals surface area contributed by atoms with E-state index in [0.717, 1.165) is 27.7 Å². The molecule has 5 rings (SSSR count). The molecule has 0 aliphatic rings. The van der Waals surface area contributed by atoms with Gasteiger partial charge in [-0.2, -0.15) is 13.7 Å². The minimum absolute atomic E-state index is 0.203. The van der Waals surface area contributed by atoms with E-state index in [2.05, 4.69) is 16.3 Å². The van der Waals surface area contributed by atoms with Gasteiger partial charge in [0.25, 0.3) is 10.1 Å². The fourth-order valence-corrected chi connectivity index (χ4v) is 5.42. The average Bonchev–Trinajstić information content (AvgIpc) is 3.16. The molecule has 166 valence electrons. The quantitative estimate of drug-likeness (QED) is 0.213. The summed E-state index contributed by atoms with van der Waals surface area (Å²) in [5, 5.41) is 22.2. The van der Waals surface area contributed by atoms with E-state index in [-0.39, 0.29) is 4.90 Å². The Bertz CT molecular complexity index is 1770. The number of fused-ring (bicyclic) bond motifs is 2. The molecule has 34 heavy (non-hydrogen) atoms. The van der Waals surface area contributed by atoms with Crippen molar-refractivity contribution in [3.05, 3.63) is 84.4 Å². The lowest BCUT2D eigenvalue weighted by Crippen LogP contribution is -1.98. The van der Waals surface area contributed by atoms with Gasteiger partial charge < -0.3 is 5.73 Å². The molecule has 0 aliphatic heterocycles. The summed E-state index contributed by atoms with van der Waals surface area (Å²) in [4.78, 5) is -0.203. The zero-order chi connectivity index (χ0) is 23.9. The van der Waals surface area contributed by atoms with E-state index in [4.69, 9.17) is 5.73 Å². The van der Waals surface area contributed by atoms with Crippen LogP contribution in [0.25, 0.3) is 32.7 Å². The van der Waals surface area contributed by atoms with Crippen LogP contribution in [-0.2, 0) is 10.1 Å². The molecule has 0 radical (unpaired) electrons. The number of rotatable bonds is 4. The highest BCUT2D eigenvalue weighted by Gasteiger charge is 2.19. The number of benzene rings is 4. The summed E-state index contributed by atoms with van der Waals surface area (Å²) in [7, 11) is -4.40. The minimum atomic E-state index is -4.40. The van der Waals surface area contributed by atoms with Crippen molar-refractivity contribution in [1.82, 2.24) is 0 Å². The van der Waals surface area contributed by atoms with E-state index >= 15 is 0 Å². The van der Waals surface area contributed by atoms with E-state index in [1.807, 2.05) is 42.5 Å². The zero-order valence-electron chi connectivity index (χ0n) is 17.5. The molecular formula is C25H16N4O3S2. The third kappa shape index (κ3) is 3.91. The van der Waals surface area contributed by atoms with Gasteiger partial charge in [-0.1, -0.05) is 65.9 Å². The highest BCUT2D eigenvalue weighted by molar-refractivity contribution is 7.86. The molecular weight excluding hydrogens is 468 g/mol. The predicted molar refractivity (Wildman–Crippen MR) is 134 cm³/mol. The Kier molecular flexibility index (Phi) is 5.34. The van der Waals surface area contributed by atoms with Crippen LogP contribution in [0.4, 0.5) is 15.7 Å². The maximum Gasteiger partial charge on any atom is 0.295 e. The standard InChI is InChI=1S/C25H16N4O3S2/c26-14-21-23(18-9-8-15-4-1-2-5-17(15)12-18)25(33-24(21)27)29-28-19-11-10-16-6-3-7-22(20(16)13-19)34(30,31)32/h1-13H,27H2,(H,30,31,32). The third-order valence-corrected chi connectivity index (χ3v) is 7.24. The summed E-state index contributed by atoms with van der Waals surface area (Å²) in [6, 6.07) is 25.5. The average molecular weight is 485 g/mol. The smallest absolute Gasteiger partial charge is 0.295 e. The Balaban J connectivity index is 1.62. The third-order valence-electron chi connectivity index (χ3n) is 5.43. The Morgan fingerprint density at radius 2 is 1.62 bits per heavy atom. The summed E-state index contributed by atoms with van der Waals surface area (Å²) in [6.07, 6.45) is 0. The highest BCUT2D eigenvalue weighted by atomic mass is 32.2. The number of nitriles is 1. The number of nitrogens with zero attached hydrogens (tertiary/aromatic N) is 3. The minimum Gasteiger partial charge on any atom is -0.389 e. The first-order chi connectivity index (χ1) is 16.3. The van der Waals surface area contributed by atoms with E-state index in [9.17, 15) is 18.2 Å². The number of anilines is 1. The van der Waals surface area contributed by atoms with Gasteiger partial charge in [0.15, 0.2) is 0 Å². The first-order valence-electron chi connectivity index (χ1n) is 10.1. The maximum absolute atomic E-state index is 11.8. The second kappa shape index (κ2) is 8.35. The number of azo groups is 1. The fraction of sp³-hybridized carbons (Fsp3) is 0. The molecule has 0 bridgehead atoms. The van der Waals surface area contributed by atoms with Gasteiger partial charge >= 0.3 is 0 Å². The summed E-state index contributed by atoms with van der Waals surface area (Å²) in [5.41, 5.74) is 8.23. The topological polar surface area (TPSA) is 129 Å². The molecule has 0 spiro atoms. The zero-order valence-corrected chi connectivity index (χ0v) is 19.1. The Morgan fingerprint density at radius 3 is 2.38 bits per heavy atom. The van der Waals surface area contributed by atoms with Crippen molar-refractivity contribution in [1.29, 1.82) is 5.26 Å². The summed E-state index contributed by atoms with van der Waals surface area (Å²) in [6.45, 7) is 0. The van der Waals surface area contributed by atoms with Gasteiger partial charge in [-0.15, -0.1) is 10.2 Å². The number of nitrogens with two attached hydrogens (primary N) is 1. The number of thiophene rings is 1. The van der Waals surface area contributed by atoms with Crippen molar-refractivity contribution in [3.8, 4) is 17.2 Å². The summed E-state index contributed by atoms with van der Waals surface area (Å²) in [5.74, 6) is 0. The molecule has 1 heterocycles. The van der Waals surface area contributed by atoms with E-state index in [1.54, 1.807) is 30.3 Å². The van der Waals surface area contributed by atoms with Crippen molar-refractivity contribution in [2.24, 2.45) is 10.2 Å². The van der Waals surface area contributed by atoms with Crippen LogP contribution >= 0.6 is 11.3 Å². The summed E-state index contributed by atoms with van der Waals surface area (Å²) >= 11 is 1.16. The van der Waals surface area contributed by atoms with Gasteiger partial charge in [0.05, 0.1) is 11.3 Å². The van der Waals surface area contributed by atoms with E-state index < -0.39 is 10.1 Å². The lowest BCUT2D eigenvalue weighted by atomic mass is 10.00. The van der Waals surface area contributed by atoms with Crippen molar-refractivity contribution >= 4 is 58.7 Å². The Labute approximate surface area is 199 Å². The molecule has 7 nitrogen and oxygen atoms in total. The molecule has 0 atom stereocenters. The van der Waals surface area contributed by atoms with Crippen LogP contribution in [-0.4, -0.2) is 13.0 Å². The second-order valence-electron chi connectivity index (χ2n) is 7.53. The normalized spacial score (nSPS) is 11.9. The molecule has 0 unspecified atom stereocenters. The maximum atomic E-state index is 11.8. The van der Waals surface area contributed by atoms with Crippen LogP contribution in [0.15, 0.2) is 94.0 Å². The monoisotopic (exact) mass is 484 g/mol. The van der Waals surface area contributed by atoms with E-state index in [1.165, 1.54) is 6.07 Å². The molecule has 0 aliphatic carbocycles. The second-order valence-corrected chi connectivity index (χ2v) is 9.95. The predicted octanol–water partition coefficient (Wildman–Crippen LogP) is 6.84. The lowest BCUT2D eigenvalue weighted by molar-refractivity contribution is 0.484. The molecule has 0 amide bonds. The van der Waals surface area contributed by atoms with Crippen molar-refractivity contribution in [3.63, 3.8) is 0 Å². The molecule has 0 saturated carbocycles. The van der Waals surface area contributed by atoms with Crippen LogP contribution in [0.1, 0.15) is 5.56 Å². The first-order valence-corrected chi connectivity index (χ1v) is 12.3. The molecule has 3 N–H and O–H groups in total. The molecule has 4 aromatic carbocycles. The van der Waals surface area contributed by atoms with Crippen LogP contribution in [0.2, 0.25) is 0 Å². The highest BCUT2D eigenvalue weighted by Crippen LogP contribution is 2.45. The first kappa shape index (κ1) is 21.7. The van der Waals surface area contributed by atoms with Crippen molar-refractivity contribution < 1.29 is 13.0 Å². The molecule has 0 saturated heterocycles. The van der Waals surface area contributed by atoms with E-state index in [0.29, 0.717) is 37.6 Å². The van der Waals surface area contributed by atoms with Gasteiger partial charge in [-0.05, 0) is 46.0 Å². The molecule has 1 aromatic heterocycles. The number of hydrogen-bond acceptors (Lipinski definition) is 7. The van der Waals surface area contributed by atoms with Gasteiger partial charge in [-0.25, -0.2) is 0 Å². The van der Waals surface area contributed by atoms with Gasteiger partial charge in [0.2, 0.25) is 0 Å². The molecule has 9 heteroatoms. The van der Waals surface area contributed by atoms with Crippen LogP contribution in [0.5, 0.6) is 0 Å². The van der Waals surface area contributed by atoms with Crippen LogP contribution < -0.4 is 5.73 Å². The van der Waals surface area contributed by atoms with Crippen molar-refractivity contribution in [2.75, 3.05) is 5.73 Å². The number of hydrogen-bond donors (Lipinski definition) is 2. The van der Waals surface area contributed by atoms with Gasteiger partial charge in [0, 0.05) is 10.9 Å². The van der Waals surface area contributed by atoms with Gasteiger partial charge in [0.1, 0.15) is 21.0 Å². The van der Waals surface area contributed by atoms with Gasteiger partial charge in [-0.3, -0.25) is 4.55 Å². The Hall–Kier alpha value is -4.10. The molecule has 0 fully saturated rings. The van der Waals surface area contributed by atoms with Crippen LogP contribution in [0, 0.1) is 11.3 Å². The Morgan fingerprint density at radius 1 is 0.882 bits per heavy atom. The van der Waals surface area contributed by atoms with Crippen molar-refractivity contribution in [2.45, 2.75) is 4.90 Å².